The Labute approximate surface area is 121 Å². The average Bonchev–Trinajstić information content (AvgIpc) is 3.22. The summed E-state index contributed by atoms with van der Waals surface area (Å²) in [4.78, 5) is 7.47. The topological polar surface area (TPSA) is 82.7 Å². The van der Waals surface area contributed by atoms with E-state index in [1.165, 1.54) is 0 Å². The number of fused-ring (bicyclic) bond motifs is 3. The van der Waals surface area contributed by atoms with E-state index >= 15 is 0 Å². The highest BCUT2D eigenvalue weighted by Crippen LogP contribution is 2.44. The van der Waals surface area contributed by atoms with Crippen LogP contribution in [-0.4, -0.2) is 24.6 Å². The molecule has 0 aromatic carbocycles. The summed E-state index contributed by atoms with van der Waals surface area (Å²) >= 11 is 0. The molecule has 1 aliphatic carbocycles. The van der Waals surface area contributed by atoms with Crippen LogP contribution in [0.5, 0.6) is 0 Å². The summed E-state index contributed by atoms with van der Waals surface area (Å²) in [6.07, 6.45) is 6.54. The predicted molar refractivity (Wildman–Crippen MR) is 77.5 cm³/mol. The number of H-pyrrole nitrogens is 1. The molecule has 4 rings (SSSR count). The number of hydrogen-bond donors (Lipinski definition) is 1. The Hall–Kier alpha value is -2.42. The Balaban J connectivity index is 1.90. The van der Waals surface area contributed by atoms with Crippen LogP contribution in [0.3, 0.4) is 0 Å². The van der Waals surface area contributed by atoms with Crippen LogP contribution in [-0.2, 0) is 0 Å². The maximum atomic E-state index is 9.24. The lowest BCUT2D eigenvalue weighted by atomic mass is 9.93. The highest BCUT2D eigenvalue weighted by Gasteiger charge is 2.37. The van der Waals surface area contributed by atoms with Crippen molar-refractivity contribution in [1.29, 1.82) is 5.26 Å². The van der Waals surface area contributed by atoms with Crippen LogP contribution >= 0.6 is 0 Å². The quantitative estimate of drug-likeness (QED) is 0.782. The summed E-state index contributed by atoms with van der Waals surface area (Å²) in [6, 6.07) is 4.42. The molecule has 0 aliphatic heterocycles. The summed E-state index contributed by atoms with van der Waals surface area (Å²) in [6.45, 7) is 2.19. The van der Waals surface area contributed by atoms with Crippen molar-refractivity contribution < 1.29 is 0 Å². The Kier molecular flexibility index (Phi) is 2.67. The van der Waals surface area contributed by atoms with Gasteiger partial charge in [-0.15, -0.1) is 10.2 Å². The maximum Gasteiger partial charge on any atom is 0.179 e. The summed E-state index contributed by atoms with van der Waals surface area (Å²) in [5.74, 6) is 1.91. The summed E-state index contributed by atoms with van der Waals surface area (Å²) < 4.78 is 2.09. The third-order valence-corrected chi connectivity index (χ3v) is 4.70. The highest BCUT2D eigenvalue weighted by molar-refractivity contribution is 5.74. The predicted octanol–water partition coefficient (Wildman–Crippen LogP) is 2.65. The smallest absolute Gasteiger partial charge is 0.179 e. The zero-order valence-electron chi connectivity index (χ0n) is 11.8. The molecule has 106 valence electrons. The minimum Gasteiger partial charge on any atom is -0.345 e. The van der Waals surface area contributed by atoms with Crippen molar-refractivity contribution >= 4 is 16.8 Å². The van der Waals surface area contributed by atoms with Crippen LogP contribution in [0.1, 0.15) is 37.9 Å². The molecule has 1 saturated carbocycles. The standard InChI is InChI=1S/C15H16N6/c1-2-10-5-9(7-16)6-11(10)15-20-19-13-8-18-14-12(21(13)15)3-4-17-14/h3-4,8-11,17H,2,5-6H2,1H3. The van der Waals surface area contributed by atoms with Gasteiger partial charge in [-0.3, -0.25) is 4.40 Å². The summed E-state index contributed by atoms with van der Waals surface area (Å²) in [5, 5.41) is 17.9. The molecule has 1 aliphatic rings. The van der Waals surface area contributed by atoms with Crippen LogP contribution in [0, 0.1) is 23.2 Å². The summed E-state index contributed by atoms with van der Waals surface area (Å²) in [7, 11) is 0. The molecule has 6 heteroatoms. The Bertz CT molecular complexity index is 839. The fraction of sp³-hybridized carbons (Fsp3) is 0.467. The van der Waals surface area contributed by atoms with Crippen LogP contribution in [0.25, 0.3) is 16.8 Å². The van der Waals surface area contributed by atoms with E-state index in [9.17, 15) is 5.26 Å². The van der Waals surface area contributed by atoms with E-state index < -0.39 is 0 Å². The van der Waals surface area contributed by atoms with E-state index in [1.807, 2.05) is 12.3 Å². The molecule has 21 heavy (non-hydrogen) atoms. The van der Waals surface area contributed by atoms with Crippen LogP contribution in [0.15, 0.2) is 18.5 Å². The van der Waals surface area contributed by atoms with E-state index in [-0.39, 0.29) is 5.92 Å². The molecule has 0 spiro atoms. The van der Waals surface area contributed by atoms with E-state index in [4.69, 9.17) is 0 Å². The van der Waals surface area contributed by atoms with Crippen LogP contribution in [0.4, 0.5) is 0 Å². The van der Waals surface area contributed by atoms with Gasteiger partial charge in [0.25, 0.3) is 0 Å². The van der Waals surface area contributed by atoms with Gasteiger partial charge in [-0.1, -0.05) is 13.3 Å². The number of aromatic nitrogens is 5. The molecule has 1 N–H and O–H groups in total. The lowest BCUT2D eigenvalue weighted by Gasteiger charge is -2.16. The van der Waals surface area contributed by atoms with Gasteiger partial charge in [0.1, 0.15) is 5.82 Å². The van der Waals surface area contributed by atoms with E-state index in [1.54, 1.807) is 6.20 Å². The number of nitrogens with zero attached hydrogens (tertiary/aromatic N) is 5. The van der Waals surface area contributed by atoms with Gasteiger partial charge in [0.15, 0.2) is 11.3 Å². The third-order valence-electron chi connectivity index (χ3n) is 4.70. The Morgan fingerprint density at radius 2 is 2.33 bits per heavy atom. The molecule has 3 heterocycles. The first kappa shape index (κ1) is 12.3. The molecule has 0 bridgehead atoms. The van der Waals surface area contributed by atoms with Crippen LogP contribution < -0.4 is 0 Å². The molecule has 1 fully saturated rings. The van der Waals surface area contributed by atoms with Gasteiger partial charge in [-0.25, -0.2) is 4.98 Å². The van der Waals surface area contributed by atoms with Crippen molar-refractivity contribution in [3.8, 4) is 6.07 Å². The van der Waals surface area contributed by atoms with Crippen molar-refractivity contribution in [2.75, 3.05) is 0 Å². The van der Waals surface area contributed by atoms with Crippen molar-refractivity contribution in [3.05, 3.63) is 24.3 Å². The van der Waals surface area contributed by atoms with E-state index in [0.29, 0.717) is 11.8 Å². The van der Waals surface area contributed by atoms with Crippen molar-refractivity contribution in [1.82, 2.24) is 24.6 Å². The van der Waals surface area contributed by atoms with Gasteiger partial charge in [0, 0.05) is 18.0 Å². The number of nitriles is 1. The molecular formula is C15H16N6. The van der Waals surface area contributed by atoms with Gasteiger partial charge in [0.05, 0.1) is 17.8 Å². The largest absolute Gasteiger partial charge is 0.345 e. The number of nitrogens with one attached hydrogen (secondary N) is 1. The zero-order valence-corrected chi connectivity index (χ0v) is 11.8. The summed E-state index contributed by atoms with van der Waals surface area (Å²) in [5.41, 5.74) is 2.61. The highest BCUT2D eigenvalue weighted by atomic mass is 15.3. The van der Waals surface area contributed by atoms with Gasteiger partial charge >= 0.3 is 0 Å². The Morgan fingerprint density at radius 3 is 3.14 bits per heavy atom. The zero-order chi connectivity index (χ0) is 14.4. The fourth-order valence-corrected chi connectivity index (χ4v) is 3.64. The third kappa shape index (κ3) is 1.74. The van der Waals surface area contributed by atoms with Crippen LogP contribution in [0.2, 0.25) is 0 Å². The van der Waals surface area contributed by atoms with Gasteiger partial charge in [-0.05, 0) is 24.8 Å². The lowest BCUT2D eigenvalue weighted by Crippen LogP contribution is -2.09. The second-order valence-electron chi connectivity index (χ2n) is 5.79. The maximum absolute atomic E-state index is 9.24. The molecule has 0 saturated heterocycles. The van der Waals surface area contributed by atoms with E-state index in [2.05, 4.69) is 37.6 Å². The van der Waals surface area contributed by atoms with E-state index in [0.717, 1.165) is 41.9 Å². The molecule has 3 aromatic heterocycles. The molecular weight excluding hydrogens is 264 g/mol. The molecule has 3 unspecified atom stereocenters. The van der Waals surface area contributed by atoms with Crippen molar-refractivity contribution in [3.63, 3.8) is 0 Å². The number of aromatic amines is 1. The molecule has 0 amide bonds. The van der Waals surface area contributed by atoms with Crippen molar-refractivity contribution in [2.45, 2.75) is 32.1 Å². The van der Waals surface area contributed by atoms with Gasteiger partial charge < -0.3 is 4.98 Å². The SMILES string of the molecule is CCC1CC(C#N)CC1c1nnc2cnc3[nH]ccc3n12. The van der Waals surface area contributed by atoms with Gasteiger partial charge in [0.2, 0.25) is 0 Å². The normalized spacial score (nSPS) is 25.6. The number of hydrogen-bond acceptors (Lipinski definition) is 4. The minimum absolute atomic E-state index is 0.135. The van der Waals surface area contributed by atoms with Gasteiger partial charge in [-0.2, -0.15) is 5.26 Å². The second-order valence-corrected chi connectivity index (χ2v) is 5.79. The first-order chi connectivity index (χ1) is 10.3. The molecule has 3 atom stereocenters. The Morgan fingerprint density at radius 1 is 1.43 bits per heavy atom. The average molecular weight is 280 g/mol. The monoisotopic (exact) mass is 280 g/mol. The fourth-order valence-electron chi connectivity index (χ4n) is 3.64. The molecule has 0 radical (unpaired) electrons. The molecule has 3 aromatic rings. The molecule has 6 nitrogen and oxygen atoms in total. The number of rotatable bonds is 2. The first-order valence-electron chi connectivity index (χ1n) is 7.38. The first-order valence-corrected chi connectivity index (χ1v) is 7.38. The lowest BCUT2D eigenvalue weighted by molar-refractivity contribution is 0.450. The van der Waals surface area contributed by atoms with Crippen molar-refractivity contribution in [2.24, 2.45) is 11.8 Å². The second kappa shape index (κ2) is 4.55. The minimum atomic E-state index is 0.135.